The molecule has 114 valence electrons. The van der Waals surface area contributed by atoms with Crippen molar-refractivity contribution in [1.29, 1.82) is 0 Å². The number of rotatable bonds is 5. The molecule has 1 saturated heterocycles. The van der Waals surface area contributed by atoms with Crippen molar-refractivity contribution in [3.8, 4) is 0 Å². The maximum Gasteiger partial charge on any atom is 0.249 e. The minimum Gasteiger partial charge on any atom is -0.326 e. The SMILES string of the molecule is CC1(CC2CCCCC2)C(=O)N1Cc1ccc(CN)cc1. The van der Waals surface area contributed by atoms with E-state index in [1.54, 1.807) is 0 Å². The van der Waals surface area contributed by atoms with Crippen LogP contribution in [0.5, 0.6) is 0 Å². The van der Waals surface area contributed by atoms with Gasteiger partial charge in [-0.1, -0.05) is 56.4 Å². The van der Waals surface area contributed by atoms with E-state index < -0.39 is 0 Å². The van der Waals surface area contributed by atoms with Crippen LogP contribution in [0.25, 0.3) is 0 Å². The van der Waals surface area contributed by atoms with Gasteiger partial charge in [-0.25, -0.2) is 0 Å². The van der Waals surface area contributed by atoms with Crippen LogP contribution in [0.2, 0.25) is 0 Å². The predicted octanol–water partition coefficient (Wildman–Crippen LogP) is 3.22. The van der Waals surface area contributed by atoms with E-state index in [2.05, 4.69) is 31.2 Å². The van der Waals surface area contributed by atoms with Crippen LogP contribution in [0.1, 0.15) is 56.6 Å². The molecule has 2 fully saturated rings. The summed E-state index contributed by atoms with van der Waals surface area (Å²) >= 11 is 0. The third kappa shape index (κ3) is 2.98. The summed E-state index contributed by atoms with van der Waals surface area (Å²) in [6, 6.07) is 8.30. The highest BCUT2D eigenvalue weighted by Gasteiger charge is 2.58. The Labute approximate surface area is 127 Å². The second-order valence-corrected chi connectivity index (χ2v) is 6.89. The fraction of sp³-hybridized carbons (Fsp3) is 0.611. The normalized spacial score (nSPS) is 26.2. The summed E-state index contributed by atoms with van der Waals surface area (Å²) in [4.78, 5) is 14.3. The largest absolute Gasteiger partial charge is 0.326 e. The smallest absolute Gasteiger partial charge is 0.249 e. The van der Waals surface area contributed by atoms with Crippen molar-refractivity contribution in [3.63, 3.8) is 0 Å². The third-order valence-corrected chi connectivity index (χ3v) is 5.26. The number of carbonyl (C=O) groups excluding carboxylic acids is 1. The number of carbonyl (C=O) groups is 1. The summed E-state index contributed by atoms with van der Waals surface area (Å²) in [6.45, 7) is 3.44. The van der Waals surface area contributed by atoms with E-state index in [1.807, 2.05) is 4.90 Å². The molecule has 3 nitrogen and oxygen atoms in total. The molecule has 0 bridgehead atoms. The molecule has 3 heteroatoms. The van der Waals surface area contributed by atoms with Gasteiger partial charge in [0.05, 0.1) is 0 Å². The third-order valence-electron chi connectivity index (χ3n) is 5.26. The van der Waals surface area contributed by atoms with Crippen molar-refractivity contribution >= 4 is 5.91 Å². The average molecular weight is 286 g/mol. The van der Waals surface area contributed by atoms with Crippen LogP contribution >= 0.6 is 0 Å². The van der Waals surface area contributed by atoms with E-state index >= 15 is 0 Å². The molecule has 0 spiro atoms. The Morgan fingerprint density at radius 3 is 2.38 bits per heavy atom. The monoisotopic (exact) mass is 286 g/mol. The topological polar surface area (TPSA) is 46.1 Å². The van der Waals surface area contributed by atoms with Gasteiger partial charge in [-0.2, -0.15) is 0 Å². The first-order valence-corrected chi connectivity index (χ1v) is 8.23. The summed E-state index contributed by atoms with van der Waals surface area (Å²) in [5.41, 5.74) is 7.76. The molecule has 1 unspecified atom stereocenters. The number of benzene rings is 1. The van der Waals surface area contributed by atoms with Crippen molar-refractivity contribution in [2.45, 2.75) is 64.1 Å². The molecule has 0 radical (unpaired) electrons. The van der Waals surface area contributed by atoms with Crippen molar-refractivity contribution < 1.29 is 4.79 Å². The van der Waals surface area contributed by atoms with Gasteiger partial charge in [-0.05, 0) is 30.4 Å². The van der Waals surface area contributed by atoms with Crippen LogP contribution in [0.3, 0.4) is 0 Å². The molecule has 1 aliphatic carbocycles. The number of hydrogen-bond acceptors (Lipinski definition) is 2. The van der Waals surface area contributed by atoms with Crippen LogP contribution in [-0.4, -0.2) is 16.3 Å². The number of nitrogens with two attached hydrogens (primary N) is 1. The van der Waals surface area contributed by atoms with Crippen molar-refractivity contribution in [1.82, 2.24) is 4.90 Å². The van der Waals surface area contributed by atoms with Gasteiger partial charge in [0.2, 0.25) is 5.91 Å². The predicted molar refractivity (Wildman–Crippen MR) is 84.5 cm³/mol. The van der Waals surface area contributed by atoms with Gasteiger partial charge in [0.25, 0.3) is 0 Å². The first-order chi connectivity index (χ1) is 10.1. The van der Waals surface area contributed by atoms with Crippen LogP contribution < -0.4 is 5.73 Å². The Kier molecular flexibility index (Phi) is 4.03. The Morgan fingerprint density at radius 1 is 1.14 bits per heavy atom. The lowest BCUT2D eigenvalue weighted by Crippen LogP contribution is -2.21. The Hall–Kier alpha value is -1.35. The van der Waals surface area contributed by atoms with E-state index in [9.17, 15) is 4.79 Å². The van der Waals surface area contributed by atoms with E-state index in [0.29, 0.717) is 12.5 Å². The molecule has 2 aliphatic rings. The first kappa shape index (κ1) is 14.6. The summed E-state index contributed by atoms with van der Waals surface area (Å²) < 4.78 is 0. The van der Waals surface area contributed by atoms with Crippen molar-refractivity contribution in [2.24, 2.45) is 11.7 Å². The summed E-state index contributed by atoms with van der Waals surface area (Å²) in [5, 5.41) is 0. The minimum absolute atomic E-state index is 0.200. The molecule has 1 aromatic carbocycles. The highest BCUT2D eigenvalue weighted by atomic mass is 16.2. The fourth-order valence-electron chi connectivity index (χ4n) is 3.76. The molecule has 3 rings (SSSR count). The second-order valence-electron chi connectivity index (χ2n) is 6.89. The molecule has 1 atom stereocenters. The van der Waals surface area contributed by atoms with Gasteiger partial charge >= 0.3 is 0 Å². The Bertz CT molecular complexity index is 504. The van der Waals surface area contributed by atoms with Gasteiger partial charge in [-0.3, -0.25) is 4.79 Å². The second kappa shape index (κ2) is 5.80. The van der Waals surface area contributed by atoms with Gasteiger partial charge < -0.3 is 10.6 Å². The highest BCUT2D eigenvalue weighted by molar-refractivity contribution is 6.01. The van der Waals surface area contributed by atoms with Gasteiger partial charge in [-0.15, -0.1) is 0 Å². The summed E-state index contributed by atoms with van der Waals surface area (Å²) in [5.74, 6) is 1.08. The van der Waals surface area contributed by atoms with Gasteiger partial charge in [0.1, 0.15) is 5.54 Å². The highest BCUT2D eigenvalue weighted by Crippen LogP contribution is 2.43. The maximum absolute atomic E-state index is 12.2. The molecular formula is C18H26N2O. The molecule has 1 heterocycles. The Balaban J connectivity index is 1.59. The molecule has 0 aromatic heterocycles. The molecule has 1 saturated carbocycles. The number of nitrogens with zero attached hydrogens (tertiary/aromatic N) is 1. The van der Waals surface area contributed by atoms with E-state index in [4.69, 9.17) is 5.73 Å². The first-order valence-electron chi connectivity index (χ1n) is 8.23. The lowest BCUT2D eigenvalue weighted by Gasteiger charge is -2.24. The van der Waals surface area contributed by atoms with Gasteiger partial charge in [0.15, 0.2) is 0 Å². The molecule has 21 heavy (non-hydrogen) atoms. The summed E-state index contributed by atoms with van der Waals surface area (Å²) in [6.07, 6.45) is 7.72. The van der Waals surface area contributed by atoms with Crippen LogP contribution in [0.15, 0.2) is 24.3 Å². The van der Waals surface area contributed by atoms with E-state index in [0.717, 1.165) is 24.4 Å². The van der Waals surface area contributed by atoms with Crippen LogP contribution in [0, 0.1) is 5.92 Å². The van der Waals surface area contributed by atoms with Crippen molar-refractivity contribution in [3.05, 3.63) is 35.4 Å². The number of hydrogen-bond donors (Lipinski definition) is 1. The fourth-order valence-corrected chi connectivity index (χ4v) is 3.76. The quantitative estimate of drug-likeness (QED) is 0.845. The van der Waals surface area contributed by atoms with Crippen LogP contribution in [-0.2, 0) is 17.9 Å². The minimum atomic E-state index is -0.200. The van der Waals surface area contributed by atoms with E-state index in [1.165, 1.54) is 37.7 Å². The van der Waals surface area contributed by atoms with E-state index in [-0.39, 0.29) is 5.54 Å². The van der Waals surface area contributed by atoms with Crippen LogP contribution in [0.4, 0.5) is 0 Å². The average Bonchev–Trinajstić information content (AvgIpc) is 3.01. The maximum atomic E-state index is 12.2. The zero-order chi connectivity index (χ0) is 14.9. The molecule has 1 aromatic rings. The van der Waals surface area contributed by atoms with Gasteiger partial charge in [0, 0.05) is 13.1 Å². The van der Waals surface area contributed by atoms with Crippen molar-refractivity contribution in [2.75, 3.05) is 0 Å². The number of amides is 1. The molecule has 2 N–H and O–H groups in total. The standard InChI is InChI=1S/C18H26N2O/c1-18(11-14-5-3-2-4-6-14)17(21)20(18)13-16-9-7-15(12-19)8-10-16/h7-10,14H,2-6,11-13,19H2,1H3. The zero-order valence-electron chi connectivity index (χ0n) is 13.0. The molecule has 1 aliphatic heterocycles. The molecular weight excluding hydrogens is 260 g/mol. The summed E-state index contributed by atoms with van der Waals surface area (Å²) in [7, 11) is 0. The zero-order valence-corrected chi connectivity index (χ0v) is 13.0. The lowest BCUT2D eigenvalue weighted by molar-refractivity contribution is -0.114. The molecule has 1 amide bonds. The Morgan fingerprint density at radius 2 is 1.76 bits per heavy atom. The lowest BCUT2D eigenvalue weighted by atomic mass is 9.83.